The topological polar surface area (TPSA) is 135 Å². The van der Waals surface area contributed by atoms with Crippen molar-refractivity contribution in [2.45, 2.75) is 90.0 Å². The minimum Gasteiger partial charge on any atom is -0.465 e. The third-order valence-electron chi connectivity index (χ3n) is 8.43. The third kappa shape index (κ3) is 4.37. The molecular weight excluding hydrogens is 496 g/mol. The van der Waals surface area contributed by atoms with Crippen LogP contribution in [0.5, 0.6) is 0 Å². The van der Waals surface area contributed by atoms with Crippen molar-refractivity contribution in [1.29, 1.82) is 0 Å². The summed E-state index contributed by atoms with van der Waals surface area (Å²) in [5.41, 5.74) is -3.60. The summed E-state index contributed by atoms with van der Waals surface area (Å²) in [6.07, 6.45) is -4.09. The van der Waals surface area contributed by atoms with Crippen LogP contribution in [0.15, 0.2) is 30.3 Å². The van der Waals surface area contributed by atoms with Gasteiger partial charge in [-0.1, -0.05) is 25.1 Å². The van der Waals surface area contributed by atoms with Crippen LogP contribution in [0, 0.1) is 17.3 Å². The highest BCUT2D eigenvalue weighted by molar-refractivity contribution is 5.89. The van der Waals surface area contributed by atoms with Crippen molar-refractivity contribution in [3.63, 3.8) is 0 Å². The van der Waals surface area contributed by atoms with Crippen LogP contribution in [0.3, 0.4) is 0 Å². The van der Waals surface area contributed by atoms with Crippen LogP contribution in [0.25, 0.3) is 0 Å². The molecule has 1 heterocycles. The number of hydrogen-bond acceptors (Lipinski definition) is 10. The van der Waals surface area contributed by atoms with Gasteiger partial charge in [-0.15, -0.1) is 0 Å². The van der Waals surface area contributed by atoms with Crippen molar-refractivity contribution < 1.29 is 48.0 Å². The zero-order chi connectivity index (χ0) is 28.0. The molecule has 3 fully saturated rings. The van der Waals surface area contributed by atoms with Crippen LogP contribution >= 0.6 is 0 Å². The fraction of sp³-hybridized carbons (Fsp3) is 0.643. The normalized spacial score (nSPS) is 36.9. The maximum Gasteiger partial charge on any atom is 0.338 e. The fourth-order valence-corrected chi connectivity index (χ4v) is 7.09. The number of carbonyl (C=O) groups is 4. The highest BCUT2D eigenvalue weighted by atomic mass is 16.6. The fourth-order valence-electron chi connectivity index (χ4n) is 7.09. The van der Waals surface area contributed by atoms with Gasteiger partial charge < -0.3 is 28.8 Å². The predicted octanol–water partition coefficient (Wildman–Crippen LogP) is 2.59. The molecule has 1 aliphatic heterocycles. The Balaban J connectivity index is 1.97. The number of benzene rings is 1. The summed E-state index contributed by atoms with van der Waals surface area (Å²) in [6.45, 7) is 8.88. The highest BCUT2D eigenvalue weighted by Gasteiger charge is 2.82. The minimum atomic E-state index is -1.60. The first-order valence-corrected chi connectivity index (χ1v) is 12.9. The van der Waals surface area contributed by atoms with Crippen molar-refractivity contribution in [1.82, 2.24) is 0 Å². The Morgan fingerprint density at radius 1 is 0.921 bits per heavy atom. The van der Waals surface area contributed by atoms with E-state index in [0.29, 0.717) is 5.56 Å². The van der Waals surface area contributed by atoms with Gasteiger partial charge in [0.2, 0.25) is 0 Å². The molecule has 1 aromatic carbocycles. The molecule has 0 radical (unpaired) electrons. The Morgan fingerprint density at radius 3 is 2.11 bits per heavy atom. The molecule has 1 spiro atoms. The number of esters is 4. The molecule has 1 N–H and O–H groups in total. The second-order valence-corrected chi connectivity index (χ2v) is 11.2. The molecule has 4 rings (SSSR count). The van der Waals surface area contributed by atoms with E-state index in [1.807, 2.05) is 20.8 Å². The lowest BCUT2D eigenvalue weighted by Gasteiger charge is -2.63. The number of aliphatic hydroxyl groups is 1. The van der Waals surface area contributed by atoms with Crippen molar-refractivity contribution in [3.8, 4) is 0 Å². The van der Waals surface area contributed by atoms with E-state index < -0.39 is 83.4 Å². The molecule has 1 saturated heterocycles. The molecule has 8 atom stereocenters. The van der Waals surface area contributed by atoms with E-state index in [2.05, 4.69) is 0 Å². The number of ether oxygens (including phenoxy) is 5. The molecular formula is C28H36O10. The van der Waals surface area contributed by atoms with Crippen LogP contribution in [0.4, 0.5) is 0 Å². The standard InChI is InChI=1S/C28H36O10/c1-15-12-21(32)24(36-18(4)31)27(14-34-16(2)29)22(37-25(33)19-10-8-7-9-11-19)13-20-23(35-17(3)30)28(15,27)38-26(20,5)6/h7-11,15,20-24,32H,12-14H2,1-6H3/t15-,20-,21+,22+,23-,24+,27-,28-/m1/s1. The van der Waals surface area contributed by atoms with Gasteiger partial charge in [-0.2, -0.15) is 0 Å². The second-order valence-electron chi connectivity index (χ2n) is 11.2. The quantitative estimate of drug-likeness (QED) is 0.430. The summed E-state index contributed by atoms with van der Waals surface area (Å²) in [4.78, 5) is 50.3. The lowest BCUT2D eigenvalue weighted by Crippen LogP contribution is -2.78. The van der Waals surface area contributed by atoms with Crippen molar-refractivity contribution in [2.75, 3.05) is 6.61 Å². The summed E-state index contributed by atoms with van der Waals surface area (Å²) in [5.74, 6) is -3.37. The number of carbonyl (C=O) groups excluding carboxylic acids is 4. The first kappa shape index (κ1) is 28.0. The second kappa shape index (κ2) is 9.96. The lowest BCUT2D eigenvalue weighted by molar-refractivity contribution is -0.318. The number of hydrogen-bond donors (Lipinski definition) is 1. The van der Waals surface area contributed by atoms with Crippen LogP contribution < -0.4 is 0 Å². The predicted molar refractivity (Wildman–Crippen MR) is 132 cm³/mol. The average molecular weight is 533 g/mol. The van der Waals surface area contributed by atoms with Crippen LogP contribution in [-0.2, 0) is 38.1 Å². The van der Waals surface area contributed by atoms with Gasteiger partial charge in [-0.3, -0.25) is 14.4 Å². The molecule has 2 aliphatic carbocycles. The first-order chi connectivity index (χ1) is 17.8. The molecule has 0 amide bonds. The SMILES string of the molecule is CC(=O)OC[C@]12[C@@H](OC(=O)c3ccccc3)C[C@@H]3[C@@H](OC(C)=O)[C@]1(OC3(C)C)[C@H](C)C[C@H](O)[C@@H]2OC(C)=O. The molecule has 2 saturated carbocycles. The van der Waals surface area contributed by atoms with Gasteiger partial charge in [-0.05, 0) is 44.7 Å². The zero-order valence-corrected chi connectivity index (χ0v) is 22.6. The molecule has 2 bridgehead atoms. The van der Waals surface area contributed by atoms with E-state index in [-0.39, 0.29) is 12.8 Å². The maximum absolute atomic E-state index is 13.4. The van der Waals surface area contributed by atoms with Gasteiger partial charge in [0, 0.05) is 26.7 Å². The smallest absolute Gasteiger partial charge is 0.338 e. The minimum absolute atomic E-state index is 0.139. The Hall–Kier alpha value is -2.98. The summed E-state index contributed by atoms with van der Waals surface area (Å²) in [7, 11) is 0. The number of aliphatic hydroxyl groups excluding tert-OH is 1. The van der Waals surface area contributed by atoms with E-state index >= 15 is 0 Å². The van der Waals surface area contributed by atoms with Crippen molar-refractivity contribution in [2.24, 2.45) is 17.3 Å². The van der Waals surface area contributed by atoms with Gasteiger partial charge in [0.1, 0.15) is 35.9 Å². The molecule has 3 aliphatic rings. The number of rotatable bonds is 6. The number of fused-ring (bicyclic) bond motifs is 1. The van der Waals surface area contributed by atoms with Gasteiger partial charge in [0.25, 0.3) is 0 Å². The van der Waals surface area contributed by atoms with E-state index in [1.165, 1.54) is 20.8 Å². The van der Waals surface area contributed by atoms with Crippen LogP contribution in [-0.4, -0.2) is 71.2 Å². The first-order valence-electron chi connectivity index (χ1n) is 12.9. The highest BCUT2D eigenvalue weighted by Crippen LogP contribution is 2.67. The molecule has 38 heavy (non-hydrogen) atoms. The zero-order valence-electron chi connectivity index (χ0n) is 22.6. The van der Waals surface area contributed by atoms with E-state index in [4.69, 9.17) is 23.7 Å². The lowest BCUT2D eigenvalue weighted by atomic mass is 9.48. The summed E-state index contributed by atoms with van der Waals surface area (Å²) in [5, 5.41) is 11.3. The van der Waals surface area contributed by atoms with E-state index in [1.54, 1.807) is 30.3 Å². The van der Waals surface area contributed by atoms with Gasteiger partial charge in [-0.25, -0.2) is 4.79 Å². The third-order valence-corrected chi connectivity index (χ3v) is 8.43. The summed E-state index contributed by atoms with van der Waals surface area (Å²) >= 11 is 0. The summed E-state index contributed by atoms with van der Waals surface area (Å²) < 4.78 is 30.3. The largest absolute Gasteiger partial charge is 0.465 e. The van der Waals surface area contributed by atoms with Crippen LogP contribution in [0.2, 0.25) is 0 Å². The average Bonchev–Trinajstić information content (AvgIpc) is 2.98. The van der Waals surface area contributed by atoms with Gasteiger partial charge in [0.15, 0.2) is 0 Å². The molecule has 0 unspecified atom stereocenters. The Bertz CT molecular complexity index is 1100. The van der Waals surface area contributed by atoms with Gasteiger partial charge in [0.05, 0.1) is 17.3 Å². The molecule has 1 aromatic rings. The van der Waals surface area contributed by atoms with E-state index in [0.717, 1.165) is 0 Å². The Labute approximate surface area is 221 Å². The van der Waals surface area contributed by atoms with Crippen molar-refractivity contribution in [3.05, 3.63) is 35.9 Å². The maximum atomic E-state index is 13.4. The van der Waals surface area contributed by atoms with E-state index in [9.17, 15) is 24.3 Å². The summed E-state index contributed by atoms with van der Waals surface area (Å²) in [6, 6.07) is 8.39. The van der Waals surface area contributed by atoms with Crippen molar-refractivity contribution >= 4 is 23.9 Å². The molecule has 0 aromatic heterocycles. The molecule has 10 nitrogen and oxygen atoms in total. The van der Waals surface area contributed by atoms with Crippen LogP contribution in [0.1, 0.15) is 64.7 Å². The molecule has 208 valence electrons. The Morgan fingerprint density at radius 2 is 1.53 bits per heavy atom. The monoisotopic (exact) mass is 532 g/mol. The Kier molecular flexibility index (Phi) is 7.35. The molecule has 10 heteroatoms. The van der Waals surface area contributed by atoms with Gasteiger partial charge >= 0.3 is 23.9 Å².